The zero-order valence-corrected chi connectivity index (χ0v) is 17.3. The van der Waals surface area contributed by atoms with Gasteiger partial charge in [0.05, 0.1) is 17.6 Å². The maximum Gasteiger partial charge on any atom is 0.246 e. The normalized spacial score (nSPS) is 10.8. The number of carbonyl (C=O) groups excluding carboxylic acids is 1. The van der Waals surface area contributed by atoms with E-state index in [-0.39, 0.29) is 5.91 Å². The van der Waals surface area contributed by atoms with Gasteiger partial charge in [-0.05, 0) is 49.6 Å². The van der Waals surface area contributed by atoms with Crippen LogP contribution in [0.2, 0.25) is 0 Å². The smallest absolute Gasteiger partial charge is 0.246 e. The lowest BCUT2D eigenvalue weighted by molar-refractivity contribution is -0.117. The van der Waals surface area contributed by atoms with Gasteiger partial charge >= 0.3 is 0 Å². The average molecular weight is 392 g/mol. The van der Waals surface area contributed by atoms with Gasteiger partial charge in [0.25, 0.3) is 0 Å². The predicted octanol–water partition coefficient (Wildman–Crippen LogP) is 4.30. The lowest BCUT2D eigenvalue weighted by Gasteiger charge is -2.11. The molecule has 1 N–H and O–H groups in total. The minimum atomic E-state index is -0.116. The Hall–Kier alpha value is -3.08. The van der Waals surface area contributed by atoms with Crippen LogP contribution in [0.5, 0.6) is 5.75 Å². The molecule has 0 saturated carbocycles. The zero-order valence-electron chi connectivity index (χ0n) is 17.3. The fourth-order valence-corrected chi connectivity index (χ4v) is 3.24. The summed E-state index contributed by atoms with van der Waals surface area (Å²) in [5.74, 6) is 1.76. The monoisotopic (exact) mass is 391 g/mol. The molecule has 29 heavy (non-hydrogen) atoms. The fourth-order valence-electron chi connectivity index (χ4n) is 3.24. The highest BCUT2D eigenvalue weighted by Gasteiger charge is 2.11. The number of imidazole rings is 1. The van der Waals surface area contributed by atoms with Crippen molar-refractivity contribution in [3.63, 3.8) is 0 Å². The van der Waals surface area contributed by atoms with Crippen molar-refractivity contribution in [3.8, 4) is 5.75 Å². The Labute approximate surface area is 172 Å². The SMILES string of the molecule is C=C(C)C(=O)NCCc1nc2ccccc2n1CCCOc1ccc(CC)cc1. The van der Waals surface area contributed by atoms with E-state index in [0.29, 0.717) is 25.1 Å². The molecule has 1 heterocycles. The number of nitrogens with one attached hydrogen (secondary N) is 1. The van der Waals surface area contributed by atoms with Crippen LogP contribution >= 0.6 is 0 Å². The number of hydrogen-bond donors (Lipinski definition) is 1. The molecule has 0 fully saturated rings. The highest BCUT2D eigenvalue weighted by Crippen LogP contribution is 2.18. The molecule has 0 atom stereocenters. The van der Waals surface area contributed by atoms with E-state index in [1.165, 1.54) is 5.56 Å². The zero-order chi connectivity index (χ0) is 20.6. The minimum Gasteiger partial charge on any atom is -0.494 e. The molecule has 1 amide bonds. The van der Waals surface area contributed by atoms with Crippen molar-refractivity contribution in [3.05, 3.63) is 72.1 Å². The first kappa shape index (κ1) is 20.6. The number of para-hydroxylation sites is 2. The van der Waals surface area contributed by atoms with E-state index in [1.807, 2.05) is 30.3 Å². The van der Waals surface area contributed by atoms with E-state index in [2.05, 4.69) is 41.6 Å². The first-order valence-electron chi connectivity index (χ1n) is 10.2. The maximum absolute atomic E-state index is 11.7. The Morgan fingerprint density at radius 2 is 1.93 bits per heavy atom. The summed E-state index contributed by atoms with van der Waals surface area (Å²) >= 11 is 0. The van der Waals surface area contributed by atoms with Gasteiger partial charge in [0.2, 0.25) is 5.91 Å². The van der Waals surface area contributed by atoms with Gasteiger partial charge in [-0.25, -0.2) is 4.98 Å². The predicted molar refractivity (Wildman–Crippen MR) is 117 cm³/mol. The van der Waals surface area contributed by atoms with E-state index >= 15 is 0 Å². The van der Waals surface area contributed by atoms with Crippen molar-refractivity contribution in [2.45, 2.75) is 39.7 Å². The van der Waals surface area contributed by atoms with Crippen molar-refractivity contribution >= 4 is 16.9 Å². The van der Waals surface area contributed by atoms with Crippen LogP contribution in [0.25, 0.3) is 11.0 Å². The number of aryl methyl sites for hydroxylation is 2. The summed E-state index contributed by atoms with van der Waals surface area (Å²) in [5, 5.41) is 2.88. The molecule has 152 valence electrons. The van der Waals surface area contributed by atoms with Gasteiger partial charge in [-0.1, -0.05) is 37.8 Å². The molecule has 3 rings (SSSR count). The molecule has 0 aliphatic heterocycles. The van der Waals surface area contributed by atoms with Crippen molar-refractivity contribution in [1.29, 1.82) is 0 Å². The number of benzene rings is 2. The summed E-state index contributed by atoms with van der Waals surface area (Å²) in [6.07, 6.45) is 2.58. The van der Waals surface area contributed by atoms with Crippen LogP contribution in [0.4, 0.5) is 0 Å². The highest BCUT2D eigenvalue weighted by molar-refractivity contribution is 5.92. The molecule has 0 radical (unpaired) electrons. The van der Waals surface area contributed by atoms with Crippen LogP contribution in [0.15, 0.2) is 60.7 Å². The third-order valence-electron chi connectivity index (χ3n) is 4.88. The van der Waals surface area contributed by atoms with Gasteiger partial charge in [0, 0.05) is 25.1 Å². The first-order valence-corrected chi connectivity index (χ1v) is 10.2. The molecule has 2 aromatic carbocycles. The van der Waals surface area contributed by atoms with E-state index in [0.717, 1.165) is 42.0 Å². The second-order valence-corrected chi connectivity index (χ2v) is 7.15. The summed E-state index contributed by atoms with van der Waals surface area (Å²) in [4.78, 5) is 16.5. The van der Waals surface area contributed by atoms with Gasteiger partial charge in [0.15, 0.2) is 0 Å². The van der Waals surface area contributed by atoms with Gasteiger partial charge in [-0.3, -0.25) is 4.79 Å². The van der Waals surface area contributed by atoms with Crippen LogP contribution in [0.3, 0.4) is 0 Å². The lowest BCUT2D eigenvalue weighted by Crippen LogP contribution is -2.26. The standard InChI is InChI=1S/C24H29N3O2/c1-4-19-10-12-20(13-11-19)29-17-7-16-27-22-9-6-5-8-21(22)26-23(27)14-15-25-24(28)18(2)3/h5-6,8-13H,2,4,7,14-17H2,1,3H3,(H,25,28). The Balaban J connectivity index is 1.60. The maximum atomic E-state index is 11.7. The molecule has 3 aromatic rings. The number of hydrogen-bond acceptors (Lipinski definition) is 3. The van der Waals surface area contributed by atoms with Gasteiger partial charge in [-0.15, -0.1) is 0 Å². The highest BCUT2D eigenvalue weighted by atomic mass is 16.5. The molecule has 0 bridgehead atoms. The third kappa shape index (κ3) is 5.47. The fraction of sp³-hybridized carbons (Fsp3) is 0.333. The van der Waals surface area contributed by atoms with Gasteiger partial charge in [-0.2, -0.15) is 0 Å². The average Bonchev–Trinajstić information content (AvgIpc) is 3.09. The number of aromatic nitrogens is 2. The number of ether oxygens (including phenoxy) is 1. The van der Waals surface area contributed by atoms with E-state index in [9.17, 15) is 4.79 Å². The van der Waals surface area contributed by atoms with Crippen LogP contribution < -0.4 is 10.1 Å². The summed E-state index contributed by atoms with van der Waals surface area (Å²) < 4.78 is 8.12. The lowest BCUT2D eigenvalue weighted by atomic mass is 10.2. The Morgan fingerprint density at radius 3 is 2.66 bits per heavy atom. The van der Waals surface area contributed by atoms with E-state index in [1.54, 1.807) is 6.92 Å². The molecule has 5 heteroatoms. The van der Waals surface area contributed by atoms with Crippen LogP contribution in [0.1, 0.15) is 31.7 Å². The number of carbonyl (C=O) groups is 1. The molecule has 0 aliphatic carbocycles. The Morgan fingerprint density at radius 1 is 1.17 bits per heavy atom. The summed E-state index contributed by atoms with van der Waals surface area (Å²) in [5.41, 5.74) is 3.92. The van der Waals surface area contributed by atoms with Crippen molar-refractivity contribution in [2.75, 3.05) is 13.2 Å². The summed E-state index contributed by atoms with van der Waals surface area (Å²) in [6.45, 7) is 9.52. The number of amides is 1. The quantitative estimate of drug-likeness (QED) is 0.414. The van der Waals surface area contributed by atoms with E-state index < -0.39 is 0 Å². The molecule has 0 spiro atoms. The molecule has 0 saturated heterocycles. The van der Waals surface area contributed by atoms with Gasteiger partial charge < -0.3 is 14.6 Å². The molecule has 0 unspecified atom stereocenters. The minimum absolute atomic E-state index is 0.116. The van der Waals surface area contributed by atoms with Crippen LogP contribution in [-0.2, 0) is 24.2 Å². The second-order valence-electron chi connectivity index (χ2n) is 7.15. The van der Waals surface area contributed by atoms with Crippen LogP contribution in [0, 0.1) is 0 Å². The molecule has 1 aromatic heterocycles. The van der Waals surface area contributed by atoms with Crippen molar-refractivity contribution in [1.82, 2.24) is 14.9 Å². The number of nitrogens with zero attached hydrogens (tertiary/aromatic N) is 2. The van der Waals surface area contributed by atoms with Crippen molar-refractivity contribution < 1.29 is 9.53 Å². The first-order chi connectivity index (χ1) is 14.1. The summed E-state index contributed by atoms with van der Waals surface area (Å²) in [7, 11) is 0. The van der Waals surface area contributed by atoms with E-state index in [4.69, 9.17) is 9.72 Å². The van der Waals surface area contributed by atoms with Crippen LogP contribution in [-0.4, -0.2) is 28.6 Å². The molecule has 0 aliphatic rings. The number of rotatable bonds is 10. The molecular formula is C24H29N3O2. The topological polar surface area (TPSA) is 56.2 Å². The molecular weight excluding hydrogens is 362 g/mol. The van der Waals surface area contributed by atoms with Crippen molar-refractivity contribution in [2.24, 2.45) is 0 Å². The second kappa shape index (κ2) is 9.92. The molecule has 5 nitrogen and oxygen atoms in total. The number of fused-ring (bicyclic) bond motifs is 1. The summed E-state index contributed by atoms with van der Waals surface area (Å²) in [6, 6.07) is 16.4. The third-order valence-corrected chi connectivity index (χ3v) is 4.88. The Bertz CT molecular complexity index is 973. The van der Waals surface area contributed by atoms with Gasteiger partial charge in [0.1, 0.15) is 11.6 Å². The Kier molecular flexibility index (Phi) is 7.06. The largest absolute Gasteiger partial charge is 0.494 e.